The van der Waals surface area contributed by atoms with Crippen LogP contribution in [0, 0.1) is 17.8 Å². The zero-order valence-corrected chi connectivity index (χ0v) is 16.0. The molecule has 0 radical (unpaired) electrons. The highest BCUT2D eigenvalue weighted by Gasteiger charge is 2.38. The molecule has 1 aliphatic heterocycles. The van der Waals surface area contributed by atoms with Crippen LogP contribution in [0.3, 0.4) is 0 Å². The average molecular weight is 379 g/mol. The summed E-state index contributed by atoms with van der Waals surface area (Å²) in [6.45, 7) is 4.39. The summed E-state index contributed by atoms with van der Waals surface area (Å²) in [4.78, 5) is 24.1. The van der Waals surface area contributed by atoms with Crippen LogP contribution in [0.2, 0.25) is 0 Å². The number of aromatic nitrogens is 4. The van der Waals surface area contributed by atoms with Gasteiger partial charge >= 0.3 is 11.9 Å². The topological polar surface area (TPSA) is 119 Å². The molecule has 3 rings (SSSR count). The SMILES string of the molecule is CCOC(=O)[C@H](C)OC(=O)[C@@H]1C[C@H]2C[C@@H](CCc3nn[nH]n3)CC[C@H]2CN1. The van der Waals surface area contributed by atoms with Crippen LogP contribution in [0.1, 0.15) is 51.8 Å². The minimum Gasteiger partial charge on any atom is -0.463 e. The van der Waals surface area contributed by atoms with Crippen molar-refractivity contribution in [2.24, 2.45) is 17.8 Å². The maximum atomic E-state index is 12.4. The monoisotopic (exact) mass is 379 g/mol. The van der Waals surface area contributed by atoms with Crippen molar-refractivity contribution in [3.63, 3.8) is 0 Å². The van der Waals surface area contributed by atoms with Crippen LogP contribution in [-0.2, 0) is 25.5 Å². The lowest BCUT2D eigenvalue weighted by Gasteiger charge is -2.42. The van der Waals surface area contributed by atoms with E-state index in [1.807, 2.05) is 0 Å². The molecule has 0 bridgehead atoms. The van der Waals surface area contributed by atoms with Gasteiger partial charge in [-0.1, -0.05) is 11.6 Å². The molecule has 2 aliphatic rings. The first kappa shape index (κ1) is 19.7. The lowest BCUT2D eigenvalue weighted by atomic mass is 9.69. The molecule has 9 nitrogen and oxygen atoms in total. The second-order valence-electron chi connectivity index (χ2n) is 7.59. The molecule has 1 saturated carbocycles. The summed E-state index contributed by atoms with van der Waals surface area (Å²) in [6, 6.07) is -0.348. The first-order valence-electron chi connectivity index (χ1n) is 9.89. The molecule has 1 aliphatic carbocycles. The van der Waals surface area contributed by atoms with E-state index >= 15 is 0 Å². The van der Waals surface area contributed by atoms with Crippen molar-refractivity contribution in [1.82, 2.24) is 25.9 Å². The molecule has 0 spiro atoms. The zero-order chi connectivity index (χ0) is 19.2. The van der Waals surface area contributed by atoms with Gasteiger partial charge in [0.05, 0.1) is 6.61 Å². The number of aromatic amines is 1. The van der Waals surface area contributed by atoms with E-state index in [9.17, 15) is 9.59 Å². The number of nitrogens with one attached hydrogen (secondary N) is 2. The summed E-state index contributed by atoms with van der Waals surface area (Å²) in [7, 11) is 0. The van der Waals surface area contributed by atoms with Gasteiger partial charge in [0.15, 0.2) is 11.9 Å². The van der Waals surface area contributed by atoms with Crippen molar-refractivity contribution >= 4 is 11.9 Å². The molecule has 0 amide bonds. The van der Waals surface area contributed by atoms with Crippen LogP contribution in [0.5, 0.6) is 0 Å². The molecule has 27 heavy (non-hydrogen) atoms. The van der Waals surface area contributed by atoms with Gasteiger partial charge in [-0.25, -0.2) is 4.79 Å². The first-order chi connectivity index (χ1) is 13.1. The number of rotatable bonds is 7. The van der Waals surface area contributed by atoms with E-state index in [4.69, 9.17) is 9.47 Å². The fourth-order valence-corrected chi connectivity index (χ4v) is 4.29. The quantitative estimate of drug-likeness (QED) is 0.674. The van der Waals surface area contributed by atoms with Crippen LogP contribution in [0.4, 0.5) is 0 Å². The summed E-state index contributed by atoms with van der Waals surface area (Å²) in [5.41, 5.74) is 0. The fourth-order valence-electron chi connectivity index (χ4n) is 4.29. The standard InChI is InChI=1S/C18H29N5O4/c1-3-26-17(24)11(2)27-18(25)15-9-14-8-12(4-6-13(14)10-19-15)5-7-16-20-22-23-21-16/h11-15,19H,3-10H2,1-2H3,(H,20,21,22,23)/t11-,12+,13-,14+,15-/m0/s1. The van der Waals surface area contributed by atoms with E-state index in [0.717, 1.165) is 38.1 Å². The lowest BCUT2D eigenvalue weighted by molar-refractivity contribution is -0.168. The number of hydrogen-bond acceptors (Lipinski definition) is 8. The van der Waals surface area contributed by atoms with Crippen molar-refractivity contribution in [1.29, 1.82) is 0 Å². The average Bonchev–Trinajstić information content (AvgIpc) is 3.19. The Morgan fingerprint density at radius 1 is 1.26 bits per heavy atom. The van der Waals surface area contributed by atoms with Gasteiger partial charge in [0.25, 0.3) is 0 Å². The van der Waals surface area contributed by atoms with E-state index in [-0.39, 0.29) is 18.6 Å². The summed E-state index contributed by atoms with van der Waals surface area (Å²) in [6.07, 6.45) is 5.26. The number of esters is 2. The molecule has 150 valence electrons. The highest BCUT2D eigenvalue weighted by atomic mass is 16.6. The summed E-state index contributed by atoms with van der Waals surface area (Å²) in [5.74, 6) is 1.64. The number of carbonyl (C=O) groups excluding carboxylic acids is 2. The van der Waals surface area contributed by atoms with Crippen LogP contribution in [0.15, 0.2) is 0 Å². The Morgan fingerprint density at radius 3 is 2.85 bits per heavy atom. The number of ether oxygens (including phenoxy) is 2. The van der Waals surface area contributed by atoms with Crippen molar-refractivity contribution in [3.8, 4) is 0 Å². The third kappa shape index (κ3) is 5.24. The predicted octanol–water partition coefficient (Wildman–Crippen LogP) is 1.02. The van der Waals surface area contributed by atoms with E-state index in [1.165, 1.54) is 12.8 Å². The highest BCUT2D eigenvalue weighted by Crippen LogP contribution is 2.40. The summed E-state index contributed by atoms with van der Waals surface area (Å²) in [5, 5.41) is 17.4. The number of piperidine rings is 1. The Morgan fingerprint density at radius 2 is 2.11 bits per heavy atom. The summed E-state index contributed by atoms with van der Waals surface area (Å²) < 4.78 is 10.2. The Labute approximate surface area is 158 Å². The summed E-state index contributed by atoms with van der Waals surface area (Å²) >= 11 is 0. The van der Waals surface area contributed by atoms with Crippen molar-refractivity contribution in [2.45, 2.75) is 64.5 Å². The number of hydrogen-bond donors (Lipinski definition) is 2. The molecule has 5 atom stereocenters. The Hall–Kier alpha value is -2.03. The van der Waals surface area contributed by atoms with Crippen LogP contribution in [-0.4, -0.2) is 57.9 Å². The lowest BCUT2D eigenvalue weighted by Crippen LogP contribution is -2.51. The maximum Gasteiger partial charge on any atom is 0.347 e. The smallest absolute Gasteiger partial charge is 0.347 e. The number of fused-ring (bicyclic) bond motifs is 1. The van der Waals surface area contributed by atoms with Crippen molar-refractivity contribution in [2.75, 3.05) is 13.2 Å². The number of aryl methyl sites for hydroxylation is 1. The van der Waals surface area contributed by atoms with E-state index in [0.29, 0.717) is 17.8 Å². The van der Waals surface area contributed by atoms with Crippen molar-refractivity contribution in [3.05, 3.63) is 5.82 Å². The van der Waals surface area contributed by atoms with Crippen LogP contribution < -0.4 is 5.32 Å². The normalized spacial score (nSPS) is 28.8. The molecule has 1 aromatic rings. The van der Waals surface area contributed by atoms with E-state index < -0.39 is 12.1 Å². The van der Waals surface area contributed by atoms with Gasteiger partial charge in [-0.15, -0.1) is 10.2 Å². The third-order valence-corrected chi connectivity index (χ3v) is 5.77. The zero-order valence-electron chi connectivity index (χ0n) is 16.0. The molecule has 1 aromatic heterocycles. The van der Waals surface area contributed by atoms with E-state index in [1.54, 1.807) is 13.8 Å². The maximum absolute atomic E-state index is 12.4. The van der Waals surface area contributed by atoms with Gasteiger partial charge in [0.2, 0.25) is 0 Å². The minimum absolute atomic E-state index is 0.275. The fraction of sp³-hybridized carbons (Fsp3) is 0.833. The Bertz CT molecular complexity index is 623. The van der Waals surface area contributed by atoms with Crippen LogP contribution in [0.25, 0.3) is 0 Å². The number of H-pyrrole nitrogens is 1. The molecule has 1 saturated heterocycles. The van der Waals surface area contributed by atoms with Crippen molar-refractivity contribution < 1.29 is 19.1 Å². The molecular formula is C18H29N5O4. The second-order valence-corrected chi connectivity index (χ2v) is 7.59. The molecule has 2 fully saturated rings. The van der Waals surface area contributed by atoms with Gasteiger partial charge in [0, 0.05) is 6.42 Å². The minimum atomic E-state index is -0.869. The second kappa shape index (κ2) is 9.25. The highest BCUT2D eigenvalue weighted by molar-refractivity contribution is 5.81. The van der Waals surface area contributed by atoms with Gasteiger partial charge in [-0.05, 0) is 63.8 Å². The molecule has 2 heterocycles. The molecule has 9 heteroatoms. The van der Waals surface area contributed by atoms with E-state index in [2.05, 4.69) is 25.9 Å². The Balaban J connectivity index is 1.47. The Kier molecular flexibility index (Phi) is 6.76. The van der Waals surface area contributed by atoms with Gasteiger partial charge in [0.1, 0.15) is 6.04 Å². The first-order valence-corrected chi connectivity index (χ1v) is 9.89. The number of carbonyl (C=O) groups is 2. The van der Waals surface area contributed by atoms with Gasteiger partial charge < -0.3 is 14.8 Å². The predicted molar refractivity (Wildman–Crippen MR) is 95.4 cm³/mol. The van der Waals surface area contributed by atoms with Gasteiger partial charge in [-0.2, -0.15) is 5.21 Å². The van der Waals surface area contributed by atoms with Crippen LogP contribution >= 0.6 is 0 Å². The van der Waals surface area contributed by atoms with Gasteiger partial charge in [-0.3, -0.25) is 4.79 Å². The third-order valence-electron chi connectivity index (χ3n) is 5.77. The molecular weight excluding hydrogens is 350 g/mol. The number of tetrazole rings is 1. The molecule has 0 unspecified atom stereocenters. The number of nitrogens with zero attached hydrogens (tertiary/aromatic N) is 3. The molecule has 0 aromatic carbocycles. The molecule has 2 N–H and O–H groups in total. The largest absolute Gasteiger partial charge is 0.463 e.